The summed E-state index contributed by atoms with van der Waals surface area (Å²) in [5.74, 6) is 1.78. The van der Waals surface area contributed by atoms with E-state index in [-0.39, 0.29) is 11.9 Å². The van der Waals surface area contributed by atoms with E-state index >= 15 is 0 Å². The molecule has 1 saturated heterocycles. The lowest BCUT2D eigenvalue weighted by atomic mass is 10.2. The Hall–Kier alpha value is -1.34. The first-order valence-corrected chi connectivity index (χ1v) is 9.31. The topological polar surface area (TPSA) is 61.9 Å². The number of likely N-dealkylation sites (tertiary alicyclic amines) is 1. The van der Waals surface area contributed by atoms with E-state index in [9.17, 15) is 4.79 Å². The third kappa shape index (κ3) is 3.52. The van der Waals surface area contributed by atoms with Gasteiger partial charge >= 0.3 is 0 Å². The standard InChI is InChI=1S/C15H20N4OS2/c1-10-5-6-13(22-10)12-4-3-8-19(12)14(20)7-9-21-15-16-11(2)17-18-15/h5-6,12H,3-4,7-9H2,1-2H3,(H,16,17,18)/t12-/m0/s1. The van der Waals surface area contributed by atoms with Gasteiger partial charge in [-0.2, -0.15) is 0 Å². The minimum atomic E-state index is 0.244. The lowest BCUT2D eigenvalue weighted by Crippen LogP contribution is -2.30. The zero-order chi connectivity index (χ0) is 15.5. The molecule has 1 aliphatic rings. The van der Waals surface area contributed by atoms with E-state index in [1.54, 1.807) is 11.3 Å². The number of hydrogen-bond donors (Lipinski definition) is 1. The van der Waals surface area contributed by atoms with Gasteiger partial charge in [-0.05, 0) is 38.8 Å². The van der Waals surface area contributed by atoms with Crippen LogP contribution in [0.25, 0.3) is 0 Å². The predicted molar refractivity (Wildman–Crippen MR) is 89.2 cm³/mol. The van der Waals surface area contributed by atoms with E-state index in [4.69, 9.17) is 0 Å². The lowest BCUT2D eigenvalue weighted by Gasteiger charge is -2.23. The lowest BCUT2D eigenvalue weighted by molar-refractivity contribution is -0.131. The van der Waals surface area contributed by atoms with Crippen molar-refractivity contribution in [3.8, 4) is 0 Å². The first-order valence-electron chi connectivity index (χ1n) is 7.51. The number of thioether (sulfide) groups is 1. The second-order valence-electron chi connectivity index (χ2n) is 5.50. The van der Waals surface area contributed by atoms with E-state index in [1.807, 2.05) is 6.92 Å². The molecule has 0 saturated carbocycles. The number of aromatic amines is 1. The summed E-state index contributed by atoms with van der Waals surface area (Å²) in [7, 11) is 0. The molecule has 22 heavy (non-hydrogen) atoms. The Bertz CT molecular complexity index is 652. The first-order chi connectivity index (χ1) is 10.6. The number of amides is 1. The Balaban J connectivity index is 1.54. The van der Waals surface area contributed by atoms with Gasteiger partial charge < -0.3 is 4.90 Å². The average Bonchev–Trinajstić information content (AvgIpc) is 3.19. The Labute approximate surface area is 138 Å². The van der Waals surface area contributed by atoms with Crippen LogP contribution in [0.2, 0.25) is 0 Å². The van der Waals surface area contributed by atoms with Gasteiger partial charge in [0.15, 0.2) is 0 Å². The molecule has 3 rings (SSSR count). The highest BCUT2D eigenvalue weighted by molar-refractivity contribution is 7.99. The van der Waals surface area contributed by atoms with Crippen molar-refractivity contribution in [3.05, 3.63) is 27.7 Å². The molecule has 0 unspecified atom stereocenters. The normalized spacial score (nSPS) is 18.1. The maximum Gasteiger partial charge on any atom is 0.223 e. The molecule has 0 aliphatic carbocycles. The summed E-state index contributed by atoms with van der Waals surface area (Å²) in [6.07, 6.45) is 2.72. The molecule has 2 aromatic heterocycles. The number of carbonyl (C=O) groups excluding carboxylic acids is 1. The Morgan fingerprint density at radius 1 is 1.50 bits per heavy atom. The highest BCUT2D eigenvalue weighted by Crippen LogP contribution is 2.36. The molecule has 1 atom stereocenters. The van der Waals surface area contributed by atoms with Crippen LogP contribution < -0.4 is 0 Å². The predicted octanol–water partition coefficient (Wildman–Crippen LogP) is 3.33. The number of nitrogens with one attached hydrogen (secondary N) is 1. The summed E-state index contributed by atoms with van der Waals surface area (Å²) in [5.41, 5.74) is 0. The number of aromatic nitrogens is 3. The molecule has 0 aromatic carbocycles. The fourth-order valence-corrected chi connectivity index (χ4v) is 4.55. The van der Waals surface area contributed by atoms with Gasteiger partial charge in [0, 0.05) is 28.5 Å². The van der Waals surface area contributed by atoms with Crippen molar-refractivity contribution in [1.29, 1.82) is 0 Å². The van der Waals surface area contributed by atoms with Crippen LogP contribution in [0.5, 0.6) is 0 Å². The largest absolute Gasteiger partial charge is 0.335 e. The third-order valence-electron chi connectivity index (χ3n) is 3.79. The molecular formula is C15H20N4OS2. The van der Waals surface area contributed by atoms with Crippen LogP contribution in [-0.4, -0.2) is 38.3 Å². The maximum absolute atomic E-state index is 12.5. The molecule has 1 aliphatic heterocycles. The fourth-order valence-electron chi connectivity index (χ4n) is 2.75. The Morgan fingerprint density at radius 2 is 2.36 bits per heavy atom. The van der Waals surface area contributed by atoms with E-state index in [0.29, 0.717) is 6.42 Å². The van der Waals surface area contributed by atoms with Crippen LogP contribution in [0.1, 0.15) is 40.9 Å². The molecular weight excluding hydrogens is 316 g/mol. The van der Waals surface area contributed by atoms with Gasteiger partial charge in [0.05, 0.1) is 6.04 Å². The number of H-pyrrole nitrogens is 1. The summed E-state index contributed by atoms with van der Waals surface area (Å²) < 4.78 is 0. The van der Waals surface area contributed by atoms with Gasteiger partial charge in [0.1, 0.15) is 5.82 Å². The van der Waals surface area contributed by atoms with Crippen LogP contribution in [0.3, 0.4) is 0 Å². The van der Waals surface area contributed by atoms with Crippen molar-refractivity contribution in [2.75, 3.05) is 12.3 Å². The first kappa shape index (κ1) is 15.6. The zero-order valence-corrected chi connectivity index (χ0v) is 14.5. The molecule has 0 bridgehead atoms. The molecule has 3 heterocycles. The highest BCUT2D eigenvalue weighted by atomic mass is 32.2. The van der Waals surface area contributed by atoms with Crippen molar-refractivity contribution in [3.63, 3.8) is 0 Å². The SMILES string of the molecule is Cc1nc(SCCC(=O)N2CCC[C@H]2c2ccc(C)s2)n[nH]1. The van der Waals surface area contributed by atoms with Crippen molar-refractivity contribution < 1.29 is 4.79 Å². The van der Waals surface area contributed by atoms with Crippen molar-refractivity contribution in [1.82, 2.24) is 20.1 Å². The number of nitrogens with zero attached hydrogens (tertiary/aromatic N) is 3. The van der Waals surface area contributed by atoms with Gasteiger partial charge in [-0.15, -0.1) is 16.4 Å². The monoisotopic (exact) mass is 336 g/mol. The Kier molecular flexibility index (Phi) is 4.83. The minimum absolute atomic E-state index is 0.244. The van der Waals surface area contributed by atoms with Gasteiger partial charge in [0.25, 0.3) is 0 Å². The molecule has 1 amide bonds. The maximum atomic E-state index is 12.5. The second kappa shape index (κ2) is 6.83. The van der Waals surface area contributed by atoms with Crippen molar-refractivity contribution >= 4 is 29.0 Å². The average molecular weight is 336 g/mol. The quantitative estimate of drug-likeness (QED) is 0.851. The van der Waals surface area contributed by atoms with Gasteiger partial charge in [-0.25, -0.2) is 4.98 Å². The molecule has 0 radical (unpaired) electrons. The summed E-state index contributed by atoms with van der Waals surface area (Å²) in [6, 6.07) is 4.59. The van der Waals surface area contributed by atoms with Crippen LogP contribution in [-0.2, 0) is 4.79 Å². The third-order valence-corrected chi connectivity index (χ3v) is 5.74. The minimum Gasteiger partial charge on any atom is -0.335 e. The van der Waals surface area contributed by atoms with E-state index in [0.717, 1.165) is 36.1 Å². The van der Waals surface area contributed by atoms with Crippen molar-refractivity contribution in [2.24, 2.45) is 0 Å². The highest BCUT2D eigenvalue weighted by Gasteiger charge is 2.30. The summed E-state index contributed by atoms with van der Waals surface area (Å²) in [6.45, 7) is 4.87. The smallest absolute Gasteiger partial charge is 0.223 e. The number of carbonyl (C=O) groups is 1. The van der Waals surface area contributed by atoms with Crippen LogP contribution in [0, 0.1) is 13.8 Å². The van der Waals surface area contributed by atoms with Crippen LogP contribution in [0.15, 0.2) is 17.3 Å². The molecule has 5 nitrogen and oxygen atoms in total. The number of hydrogen-bond acceptors (Lipinski definition) is 5. The number of aryl methyl sites for hydroxylation is 2. The van der Waals surface area contributed by atoms with E-state index < -0.39 is 0 Å². The Morgan fingerprint density at radius 3 is 3.05 bits per heavy atom. The van der Waals surface area contributed by atoms with E-state index in [2.05, 4.69) is 39.1 Å². The second-order valence-corrected chi connectivity index (χ2v) is 7.88. The van der Waals surface area contributed by atoms with Gasteiger partial charge in [-0.3, -0.25) is 9.89 Å². The molecule has 1 fully saturated rings. The van der Waals surface area contributed by atoms with Crippen LogP contribution in [0.4, 0.5) is 0 Å². The van der Waals surface area contributed by atoms with Gasteiger partial charge in [-0.1, -0.05) is 11.8 Å². The zero-order valence-electron chi connectivity index (χ0n) is 12.8. The summed E-state index contributed by atoms with van der Waals surface area (Å²) in [5, 5.41) is 7.62. The molecule has 2 aromatic rings. The fraction of sp³-hybridized carbons (Fsp3) is 0.533. The van der Waals surface area contributed by atoms with Crippen molar-refractivity contribution in [2.45, 2.75) is 44.3 Å². The molecule has 7 heteroatoms. The molecule has 1 N–H and O–H groups in total. The number of rotatable bonds is 5. The van der Waals surface area contributed by atoms with Crippen LogP contribution >= 0.6 is 23.1 Å². The molecule has 118 valence electrons. The summed E-state index contributed by atoms with van der Waals surface area (Å²) in [4.78, 5) is 21.4. The van der Waals surface area contributed by atoms with E-state index in [1.165, 1.54) is 21.5 Å². The number of thiophene rings is 1. The molecule has 0 spiro atoms. The summed E-state index contributed by atoms with van der Waals surface area (Å²) >= 11 is 3.34. The van der Waals surface area contributed by atoms with Gasteiger partial charge in [0.2, 0.25) is 11.1 Å².